The van der Waals surface area contributed by atoms with Crippen molar-refractivity contribution in [1.29, 1.82) is 0 Å². The standard InChI is InChI=1S/C14H18N4O2/c1-9-5-10(7-15)8-18(9)14(19)12-6-11(16-17-12)13-3-2-4-20-13/h2-4,6,9-10H,5,7-8,15H2,1H3,(H,16,17). The molecule has 2 unspecified atom stereocenters. The van der Waals surface area contributed by atoms with Crippen LogP contribution in [0.2, 0.25) is 0 Å². The molecule has 3 rings (SSSR count). The van der Waals surface area contributed by atoms with E-state index in [0.717, 1.165) is 6.42 Å². The minimum Gasteiger partial charge on any atom is -0.463 e. The zero-order valence-corrected chi connectivity index (χ0v) is 11.4. The summed E-state index contributed by atoms with van der Waals surface area (Å²) >= 11 is 0. The smallest absolute Gasteiger partial charge is 0.274 e. The topological polar surface area (TPSA) is 88.1 Å². The van der Waals surface area contributed by atoms with Crippen LogP contribution in [0.25, 0.3) is 11.5 Å². The van der Waals surface area contributed by atoms with E-state index in [0.29, 0.717) is 36.2 Å². The van der Waals surface area contributed by atoms with E-state index in [1.165, 1.54) is 0 Å². The summed E-state index contributed by atoms with van der Waals surface area (Å²) in [7, 11) is 0. The summed E-state index contributed by atoms with van der Waals surface area (Å²) in [6.45, 7) is 3.37. The lowest BCUT2D eigenvalue weighted by Crippen LogP contribution is -2.34. The van der Waals surface area contributed by atoms with Gasteiger partial charge in [0.1, 0.15) is 5.69 Å². The van der Waals surface area contributed by atoms with Crippen LogP contribution in [0.1, 0.15) is 23.8 Å². The Kier molecular flexibility index (Phi) is 3.31. The van der Waals surface area contributed by atoms with Crippen LogP contribution in [-0.2, 0) is 0 Å². The predicted octanol–water partition coefficient (Wildman–Crippen LogP) is 1.48. The lowest BCUT2D eigenvalue weighted by atomic mass is 10.1. The largest absolute Gasteiger partial charge is 0.463 e. The second-order valence-corrected chi connectivity index (χ2v) is 5.29. The summed E-state index contributed by atoms with van der Waals surface area (Å²) in [5, 5.41) is 6.93. The molecule has 0 spiro atoms. The van der Waals surface area contributed by atoms with Gasteiger partial charge >= 0.3 is 0 Å². The van der Waals surface area contributed by atoms with Crippen LogP contribution in [0.15, 0.2) is 28.9 Å². The van der Waals surface area contributed by atoms with Crippen molar-refractivity contribution >= 4 is 5.91 Å². The van der Waals surface area contributed by atoms with Crippen molar-refractivity contribution in [3.63, 3.8) is 0 Å². The maximum Gasteiger partial charge on any atom is 0.274 e. The number of amides is 1. The van der Waals surface area contributed by atoms with Crippen LogP contribution in [0, 0.1) is 5.92 Å². The number of nitrogens with zero attached hydrogens (tertiary/aromatic N) is 2. The van der Waals surface area contributed by atoms with Crippen molar-refractivity contribution < 1.29 is 9.21 Å². The average molecular weight is 274 g/mol. The molecule has 1 amide bonds. The Morgan fingerprint density at radius 1 is 1.65 bits per heavy atom. The summed E-state index contributed by atoms with van der Waals surface area (Å²) in [6.07, 6.45) is 2.55. The van der Waals surface area contributed by atoms with Gasteiger partial charge in [-0.2, -0.15) is 5.10 Å². The van der Waals surface area contributed by atoms with Crippen LogP contribution in [0.5, 0.6) is 0 Å². The second-order valence-electron chi connectivity index (χ2n) is 5.29. The van der Waals surface area contributed by atoms with Crippen molar-refractivity contribution in [3.8, 4) is 11.5 Å². The molecular formula is C14H18N4O2. The van der Waals surface area contributed by atoms with Gasteiger partial charge in [-0.15, -0.1) is 0 Å². The molecule has 1 saturated heterocycles. The number of H-pyrrole nitrogens is 1. The van der Waals surface area contributed by atoms with Gasteiger partial charge in [0, 0.05) is 18.7 Å². The molecule has 2 aromatic heterocycles. The monoisotopic (exact) mass is 274 g/mol. The van der Waals surface area contributed by atoms with Crippen LogP contribution in [0.4, 0.5) is 0 Å². The zero-order chi connectivity index (χ0) is 14.1. The zero-order valence-electron chi connectivity index (χ0n) is 11.4. The molecule has 0 aliphatic carbocycles. The number of carbonyl (C=O) groups excluding carboxylic acids is 1. The molecule has 6 heteroatoms. The highest BCUT2D eigenvalue weighted by Crippen LogP contribution is 2.25. The Morgan fingerprint density at radius 2 is 2.50 bits per heavy atom. The van der Waals surface area contributed by atoms with E-state index in [1.54, 1.807) is 18.4 Å². The van der Waals surface area contributed by atoms with E-state index in [-0.39, 0.29) is 11.9 Å². The van der Waals surface area contributed by atoms with E-state index in [4.69, 9.17) is 10.2 Å². The summed E-state index contributed by atoms with van der Waals surface area (Å²) in [6, 6.07) is 5.56. The lowest BCUT2D eigenvalue weighted by molar-refractivity contribution is 0.0737. The molecule has 0 saturated carbocycles. The molecule has 1 fully saturated rings. The molecule has 3 N–H and O–H groups in total. The van der Waals surface area contributed by atoms with Crippen molar-refractivity contribution in [3.05, 3.63) is 30.2 Å². The first kappa shape index (κ1) is 12.9. The molecule has 0 radical (unpaired) electrons. The fourth-order valence-electron chi connectivity index (χ4n) is 2.73. The number of aromatic nitrogens is 2. The van der Waals surface area contributed by atoms with Crippen LogP contribution in [0.3, 0.4) is 0 Å². The third kappa shape index (κ3) is 2.22. The third-order valence-corrected chi connectivity index (χ3v) is 3.84. The predicted molar refractivity (Wildman–Crippen MR) is 73.9 cm³/mol. The van der Waals surface area contributed by atoms with E-state index in [1.807, 2.05) is 17.9 Å². The van der Waals surface area contributed by atoms with Crippen LogP contribution in [-0.4, -0.2) is 40.1 Å². The number of nitrogens with two attached hydrogens (primary N) is 1. The number of hydrogen-bond acceptors (Lipinski definition) is 4. The Hall–Kier alpha value is -2.08. The maximum atomic E-state index is 12.5. The minimum absolute atomic E-state index is 0.0532. The Bertz CT molecular complexity index is 590. The van der Waals surface area contributed by atoms with Gasteiger partial charge < -0.3 is 15.1 Å². The van der Waals surface area contributed by atoms with Gasteiger partial charge in [-0.1, -0.05) is 0 Å². The fourth-order valence-corrected chi connectivity index (χ4v) is 2.73. The summed E-state index contributed by atoms with van der Waals surface area (Å²) in [5.41, 5.74) is 6.82. The number of nitrogens with one attached hydrogen (secondary N) is 1. The fraction of sp³-hybridized carbons (Fsp3) is 0.429. The molecule has 2 aromatic rings. The molecule has 3 heterocycles. The maximum absolute atomic E-state index is 12.5. The molecule has 0 aromatic carbocycles. The summed E-state index contributed by atoms with van der Waals surface area (Å²) in [5.74, 6) is 1.01. The third-order valence-electron chi connectivity index (χ3n) is 3.84. The van der Waals surface area contributed by atoms with Crippen LogP contribution >= 0.6 is 0 Å². The van der Waals surface area contributed by atoms with Gasteiger partial charge in [0.15, 0.2) is 11.5 Å². The highest BCUT2D eigenvalue weighted by atomic mass is 16.3. The van der Waals surface area contributed by atoms with Crippen molar-refractivity contribution in [1.82, 2.24) is 15.1 Å². The Labute approximate surface area is 116 Å². The lowest BCUT2D eigenvalue weighted by Gasteiger charge is -2.20. The molecule has 6 nitrogen and oxygen atoms in total. The Morgan fingerprint density at radius 3 is 3.15 bits per heavy atom. The quantitative estimate of drug-likeness (QED) is 0.887. The van der Waals surface area contributed by atoms with Crippen molar-refractivity contribution in [2.45, 2.75) is 19.4 Å². The average Bonchev–Trinajstić information content (AvgIpc) is 3.17. The van der Waals surface area contributed by atoms with E-state index in [9.17, 15) is 4.79 Å². The first-order chi connectivity index (χ1) is 9.69. The highest BCUT2D eigenvalue weighted by molar-refractivity contribution is 5.93. The molecule has 20 heavy (non-hydrogen) atoms. The molecule has 0 bridgehead atoms. The van der Waals surface area contributed by atoms with Gasteiger partial charge in [-0.3, -0.25) is 9.89 Å². The van der Waals surface area contributed by atoms with E-state index >= 15 is 0 Å². The normalized spacial score (nSPS) is 22.4. The SMILES string of the molecule is CC1CC(CN)CN1C(=O)c1cc(-c2ccco2)[nH]n1. The number of carbonyl (C=O) groups is 1. The number of hydrogen-bond donors (Lipinski definition) is 2. The van der Waals surface area contributed by atoms with Crippen LogP contribution < -0.4 is 5.73 Å². The first-order valence-electron chi connectivity index (χ1n) is 6.79. The second kappa shape index (κ2) is 5.13. The molecule has 1 aliphatic rings. The van der Waals surface area contributed by atoms with Gasteiger partial charge in [-0.25, -0.2) is 0 Å². The summed E-state index contributed by atoms with van der Waals surface area (Å²) < 4.78 is 5.28. The van der Waals surface area contributed by atoms with E-state index < -0.39 is 0 Å². The van der Waals surface area contributed by atoms with Crippen molar-refractivity contribution in [2.75, 3.05) is 13.1 Å². The van der Waals surface area contributed by atoms with E-state index in [2.05, 4.69) is 10.2 Å². The number of likely N-dealkylation sites (tertiary alicyclic amines) is 1. The van der Waals surface area contributed by atoms with Gasteiger partial charge in [-0.05, 0) is 37.9 Å². The molecule has 1 aliphatic heterocycles. The molecular weight excluding hydrogens is 256 g/mol. The highest BCUT2D eigenvalue weighted by Gasteiger charge is 2.33. The van der Waals surface area contributed by atoms with Gasteiger partial charge in [0.2, 0.25) is 0 Å². The first-order valence-corrected chi connectivity index (χ1v) is 6.79. The molecule has 2 atom stereocenters. The van der Waals surface area contributed by atoms with Gasteiger partial charge in [0.25, 0.3) is 5.91 Å². The summed E-state index contributed by atoms with van der Waals surface area (Å²) in [4.78, 5) is 14.3. The minimum atomic E-state index is -0.0532. The van der Waals surface area contributed by atoms with Gasteiger partial charge in [0.05, 0.1) is 6.26 Å². The molecule has 106 valence electrons. The van der Waals surface area contributed by atoms with Crippen molar-refractivity contribution in [2.24, 2.45) is 11.7 Å². The number of furan rings is 1. The number of rotatable bonds is 3. The Balaban J connectivity index is 1.78. The number of aromatic amines is 1.